The first-order chi connectivity index (χ1) is 13.8. The maximum absolute atomic E-state index is 12.0. The van der Waals surface area contributed by atoms with Crippen LogP contribution in [0.3, 0.4) is 0 Å². The number of piperazine rings is 1. The first-order valence-corrected chi connectivity index (χ1v) is 10.3. The van der Waals surface area contributed by atoms with Gasteiger partial charge in [0.25, 0.3) is 0 Å². The van der Waals surface area contributed by atoms with Crippen molar-refractivity contribution in [2.45, 2.75) is 32.2 Å². The molecule has 146 valence electrons. The van der Waals surface area contributed by atoms with E-state index < -0.39 is 0 Å². The minimum absolute atomic E-state index is 0.317. The van der Waals surface area contributed by atoms with E-state index in [-0.39, 0.29) is 0 Å². The molecular formula is C22H26N4O2. The lowest BCUT2D eigenvalue weighted by Gasteiger charge is -2.35. The largest absolute Gasteiger partial charge is 0.464 e. The van der Waals surface area contributed by atoms with Gasteiger partial charge in [-0.25, -0.2) is 4.98 Å². The molecule has 0 saturated carbocycles. The number of fused-ring (bicyclic) bond motifs is 2. The molecule has 1 saturated heterocycles. The number of pyridine rings is 1. The van der Waals surface area contributed by atoms with Crippen LogP contribution in [0.25, 0.3) is 11.0 Å². The van der Waals surface area contributed by atoms with Crippen LogP contribution in [0.2, 0.25) is 0 Å². The second-order valence-corrected chi connectivity index (χ2v) is 7.80. The van der Waals surface area contributed by atoms with Gasteiger partial charge in [-0.05, 0) is 44.0 Å². The number of carbonyl (C=O) groups excluding carboxylic acids is 1. The summed E-state index contributed by atoms with van der Waals surface area (Å²) >= 11 is 0. The van der Waals surface area contributed by atoms with Crippen LogP contribution in [-0.4, -0.2) is 53.0 Å². The van der Waals surface area contributed by atoms with E-state index in [0.29, 0.717) is 12.2 Å². The minimum atomic E-state index is 0.317. The van der Waals surface area contributed by atoms with Gasteiger partial charge in [0.1, 0.15) is 11.4 Å². The molecule has 0 unspecified atom stereocenters. The lowest BCUT2D eigenvalue weighted by molar-refractivity contribution is 0.0971. The van der Waals surface area contributed by atoms with Crippen molar-refractivity contribution in [3.63, 3.8) is 0 Å². The minimum Gasteiger partial charge on any atom is -0.464 e. The predicted molar refractivity (Wildman–Crippen MR) is 109 cm³/mol. The number of hydrogen-bond donors (Lipinski definition) is 0. The molecule has 28 heavy (non-hydrogen) atoms. The second kappa shape index (κ2) is 7.43. The molecule has 0 atom stereocenters. The molecule has 1 aliphatic heterocycles. The average Bonchev–Trinajstić information content (AvgIpc) is 3.36. The Kier molecular flexibility index (Phi) is 4.64. The summed E-state index contributed by atoms with van der Waals surface area (Å²) in [6.45, 7) is 6.18. The molecule has 0 radical (unpaired) electrons. The maximum Gasteiger partial charge on any atom is 0.164 e. The summed E-state index contributed by atoms with van der Waals surface area (Å²) in [5.41, 5.74) is 3.11. The van der Waals surface area contributed by atoms with Gasteiger partial charge in [0.15, 0.2) is 5.78 Å². The second-order valence-electron chi connectivity index (χ2n) is 7.80. The van der Waals surface area contributed by atoms with Crippen LogP contribution >= 0.6 is 0 Å². The van der Waals surface area contributed by atoms with E-state index in [1.807, 2.05) is 24.4 Å². The molecule has 6 heteroatoms. The Morgan fingerprint density at radius 2 is 1.93 bits per heavy atom. The first kappa shape index (κ1) is 17.5. The predicted octanol–water partition coefficient (Wildman–Crippen LogP) is 3.36. The van der Waals surface area contributed by atoms with Gasteiger partial charge in [0, 0.05) is 62.8 Å². The van der Waals surface area contributed by atoms with Gasteiger partial charge in [0.2, 0.25) is 0 Å². The van der Waals surface area contributed by atoms with Gasteiger partial charge < -0.3 is 13.9 Å². The Hall–Kier alpha value is -2.60. The van der Waals surface area contributed by atoms with Crippen LogP contribution in [0.5, 0.6) is 0 Å². The van der Waals surface area contributed by atoms with Gasteiger partial charge in [-0.15, -0.1) is 0 Å². The number of nitrogens with zero attached hydrogens (tertiary/aromatic N) is 4. The van der Waals surface area contributed by atoms with Crippen LogP contribution in [0.15, 0.2) is 41.3 Å². The molecule has 0 amide bonds. The summed E-state index contributed by atoms with van der Waals surface area (Å²) in [5, 5.41) is 1.10. The fraction of sp³-hybridized carbons (Fsp3) is 0.455. The number of carbonyl (C=O) groups is 1. The van der Waals surface area contributed by atoms with E-state index in [4.69, 9.17) is 4.42 Å². The molecule has 0 aromatic carbocycles. The summed E-state index contributed by atoms with van der Waals surface area (Å²) in [4.78, 5) is 21.5. The van der Waals surface area contributed by atoms with Crippen molar-refractivity contribution < 1.29 is 9.21 Å². The highest BCUT2D eigenvalue weighted by Crippen LogP contribution is 2.26. The lowest BCUT2D eigenvalue weighted by Crippen LogP contribution is -2.47. The van der Waals surface area contributed by atoms with Gasteiger partial charge in [-0.2, -0.15) is 0 Å². The van der Waals surface area contributed by atoms with Crippen LogP contribution in [-0.2, 0) is 13.0 Å². The highest BCUT2D eigenvalue weighted by Gasteiger charge is 2.22. The number of ketones is 1. The number of rotatable bonds is 5. The number of anilines is 1. The topological polar surface area (TPSA) is 54.5 Å². The van der Waals surface area contributed by atoms with E-state index in [0.717, 1.165) is 80.9 Å². The summed E-state index contributed by atoms with van der Waals surface area (Å²) in [5.74, 6) is 1.35. The molecule has 0 N–H and O–H groups in total. The van der Waals surface area contributed by atoms with Gasteiger partial charge in [0.05, 0.1) is 11.6 Å². The van der Waals surface area contributed by atoms with E-state index in [2.05, 4.69) is 25.5 Å². The zero-order valence-corrected chi connectivity index (χ0v) is 16.1. The summed E-state index contributed by atoms with van der Waals surface area (Å²) in [6, 6.07) is 5.94. The third kappa shape index (κ3) is 3.22. The van der Waals surface area contributed by atoms with Crippen molar-refractivity contribution in [3.8, 4) is 0 Å². The van der Waals surface area contributed by atoms with E-state index in [1.54, 1.807) is 6.26 Å². The quantitative estimate of drug-likeness (QED) is 0.681. The fourth-order valence-electron chi connectivity index (χ4n) is 4.58. The molecule has 6 nitrogen and oxygen atoms in total. The van der Waals surface area contributed by atoms with Crippen molar-refractivity contribution in [1.82, 2.24) is 14.5 Å². The number of aryl methyl sites for hydroxylation is 1. The van der Waals surface area contributed by atoms with Gasteiger partial charge in [-0.1, -0.05) is 0 Å². The average molecular weight is 378 g/mol. The molecule has 2 aliphatic rings. The monoisotopic (exact) mass is 378 g/mol. The Balaban J connectivity index is 1.14. The summed E-state index contributed by atoms with van der Waals surface area (Å²) in [6.07, 6.45) is 9.53. The summed E-state index contributed by atoms with van der Waals surface area (Å²) in [7, 11) is 0. The SMILES string of the molecule is O=C1CCCc2c1ccn2CCCN1CCN(c2nccc3occc23)CC1. The van der Waals surface area contributed by atoms with Crippen molar-refractivity contribution >= 4 is 22.6 Å². The van der Waals surface area contributed by atoms with Gasteiger partial charge >= 0.3 is 0 Å². The maximum atomic E-state index is 12.0. The van der Waals surface area contributed by atoms with E-state index in [1.165, 1.54) is 5.69 Å². The summed E-state index contributed by atoms with van der Waals surface area (Å²) < 4.78 is 7.80. The third-order valence-electron chi connectivity index (χ3n) is 6.10. The molecule has 3 aromatic rings. The van der Waals surface area contributed by atoms with Crippen molar-refractivity contribution in [2.24, 2.45) is 0 Å². The number of aromatic nitrogens is 2. The number of furan rings is 1. The van der Waals surface area contributed by atoms with Crippen LogP contribution in [0, 0.1) is 0 Å². The molecular weight excluding hydrogens is 352 g/mol. The van der Waals surface area contributed by atoms with Crippen LogP contribution in [0.1, 0.15) is 35.3 Å². The van der Waals surface area contributed by atoms with Crippen molar-refractivity contribution in [3.05, 3.63) is 48.1 Å². The highest BCUT2D eigenvalue weighted by atomic mass is 16.3. The zero-order chi connectivity index (χ0) is 18.9. The molecule has 1 aliphatic carbocycles. The fourth-order valence-corrected chi connectivity index (χ4v) is 4.58. The van der Waals surface area contributed by atoms with E-state index >= 15 is 0 Å². The standard InChI is InChI=1S/C22H26N4O2/c27-20-4-1-3-19-17(20)6-11-25(19)10-2-9-24-12-14-26(15-13-24)22-18-7-16-28-21(18)5-8-23-22/h5-8,11,16H,1-4,9-10,12-15H2. The smallest absolute Gasteiger partial charge is 0.164 e. The number of hydrogen-bond acceptors (Lipinski definition) is 5. The Bertz CT molecular complexity index is 982. The van der Waals surface area contributed by atoms with Gasteiger partial charge in [-0.3, -0.25) is 9.69 Å². The van der Waals surface area contributed by atoms with Crippen molar-refractivity contribution in [1.29, 1.82) is 0 Å². The highest BCUT2D eigenvalue weighted by molar-refractivity contribution is 5.98. The molecule has 0 bridgehead atoms. The molecule has 0 spiro atoms. The third-order valence-corrected chi connectivity index (χ3v) is 6.10. The molecule has 3 aromatic heterocycles. The Labute approximate surface area is 164 Å². The Morgan fingerprint density at radius 3 is 2.82 bits per heavy atom. The lowest BCUT2D eigenvalue weighted by atomic mass is 9.97. The van der Waals surface area contributed by atoms with Crippen LogP contribution < -0.4 is 4.90 Å². The van der Waals surface area contributed by atoms with E-state index in [9.17, 15) is 4.79 Å². The zero-order valence-electron chi connectivity index (χ0n) is 16.1. The molecule has 4 heterocycles. The Morgan fingerprint density at radius 1 is 1.04 bits per heavy atom. The van der Waals surface area contributed by atoms with Crippen molar-refractivity contribution in [2.75, 3.05) is 37.6 Å². The number of Topliss-reactive ketones (excluding diaryl/α,β-unsaturated/α-hetero) is 1. The van der Waals surface area contributed by atoms with Crippen LogP contribution in [0.4, 0.5) is 5.82 Å². The normalized spacial score (nSPS) is 18.0. The molecule has 5 rings (SSSR count). The first-order valence-electron chi connectivity index (χ1n) is 10.3. The molecule has 1 fully saturated rings.